The molecule has 0 aromatic carbocycles. The fraction of sp³-hybridized carbons (Fsp3) is 0.412. The predicted octanol–water partition coefficient (Wildman–Crippen LogP) is 1.09. The van der Waals surface area contributed by atoms with Gasteiger partial charge in [-0.3, -0.25) is 4.79 Å². The zero-order valence-corrected chi connectivity index (χ0v) is 14.3. The molecule has 0 unspecified atom stereocenters. The summed E-state index contributed by atoms with van der Waals surface area (Å²) in [6, 6.07) is 5.49. The molecule has 8 heteroatoms. The van der Waals surface area contributed by atoms with E-state index in [4.69, 9.17) is 10.5 Å². The standard InChI is InChI=1S/C17H22N6O2/c1-2-15(24)22-8-10-23(11-9-22)16-14(4-3-6-19-16)25-12-13-5-7-20-17(18)21-13/h3-7H,2,8-12H2,1H3,(H2,18,20,21). The lowest BCUT2D eigenvalue weighted by Crippen LogP contribution is -2.49. The van der Waals surface area contributed by atoms with Crippen LogP contribution in [0, 0.1) is 0 Å². The van der Waals surface area contributed by atoms with Gasteiger partial charge in [0.2, 0.25) is 11.9 Å². The smallest absolute Gasteiger partial charge is 0.222 e. The van der Waals surface area contributed by atoms with Gasteiger partial charge in [-0.25, -0.2) is 15.0 Å². The molecule has 0 aliphatic carbocycles. The molecule has 0 atom stereocenters. The highest BCUT2D eigenvalue weighted by molar-refractivity contribution is 5.76. The van der Waals surface area contributed by atoms with Gasteiger partial charge in [-0.1, -0.05) is 6.92 Å². The summed E-state index contributed by atoms with van der Waals surface area (Å²) in [6.45, 7) is 5.05. The Morgan fingerprint density at radius 2 is 2.00 bits per heavy atom. The van der Waals surface area contributed by atoms with Crippen LogP contribution in [0.1, 0.15) is 19.0 Å². The first-order chi connectivity index (χ1) is 12.2. The second-order valence-corrected chi connectivity index (χ2v) is 5.74. The van der Waals surface area contributed by atoms with Gasteiger partial charge in [0.1, 0.15) is 6.61 Å². The Balaban J connectivity index is 1.66. The summed E-state index contributed by atoms with van der Waals surface area (Å²) in [7, 11) is 0. The summed E-state index contributed by atoms with van der Waals surface area (Å²) in [5.74, 6) is 1.89. The molecule has 8 nitrogen and oxygen atoms in total. The van der Waals surface area contributed by atoms with Gasteiger partial charge >= 0.3 is 0 Å². The van der Waals surface area contributed by atoms with Crippen molar-refractivity contribution in [2.45, 2.75) is 20.0 Å². The number of pyridine rings is 1. The van der Waals surface area contributed by atoms with E-state index in [-0.39, 0.29) is 11.9 Å². The predicted molar refractivity (Wildman–Crippen MR) is 94.1 cm³/mol. The van der Waals surface area contributed by atoms with Gasteiger partial charge in [-0.15, -0.1) is 0 Å². The summed E-state index contributed by atoms with van der Waals surface area (Å²) in [6.07, 6.45) is 3.89. The van der Waals surface area contributed by atoms with Crippen molar-refractivity contribution in [2.24, 2.45) is 0 Å². The number of nitrogen functional groups attached to an aromatic ring is 1. The second-order valence-electron chi connectivity index (χ2n) is 5.74. The molecule has 0 spiro atoms. The Hall–Kier alpha value is -2.90. The molecule has 1 saturated heterocycles. The van der Waals surface area contributed by atoms with Crippen LogP contribution in [0.3, 0.4) is 0 Å². The molecule has 2 aromatic heterocycles. The van der Waals surface area contributed by atoms with E-state index in [0.29, 0.717) is 37.6 Å². The summed E-state index contributed by atoms with van der Waals surface area (Å²) in [5, 5.41) is 0. The van der Waals surface area contributed by atoms with Crippen molar-refractivity contribution >= 4 is 17.7 Å². The van der Waals surface area contributed by atoms with E-state index in [1.165, 1.54) is 0 Å². The number of amides is 1. The number of carbonyl (C=O) groups excluding carboxylic acids is 1. The topological polar surface area (TPSA) is 97.5 Å². The molecule has 1 fully saturated rings. The van der Waals surface area contributed by atoms with E-state index in [0.717, 1.165) is 18.9 Å². The highest BCUT2D eigenvalue weighted by Crippen LogP contribution is 2.27. The van der Waals surface area contributed by atoms with Crippen molar-refractivity contribution in [1.82, 2.24) is 19.9 Å². The zero-order chi connectivity index (χ0) is 17.6. The van der Waals surface area contributed by atoms with Gasteiger partial charge < -0.3 is 20.3 Å². The maximum Gasteiger partial charge on any atom is 0.222 e. The van der Waals surface area contributed by atoms with Gasteiger partial charge in [0, 0.05) is 45.0 Å². The minimum atomic E-state index is 0.193. The molecule has 0 saturated carbocycles. The zero-order valence-electron chi connectivity index (χ0n) is 14.3. The van der Waals surface area contributed by atoms with Gasteiger partial charge in [-0.05, 0) is 18.2 Å². The number of hydrogen-bond acceptors (Lipinski definition) is 7. The van der Waals surface area contributed by atoms with E-state index in [1.54, 1.807) is 18.5 Å². The van der Waals surface area contributed by atoms with Crippen molar-refractivity contribution in [3.8, 4) is 5.75 Å². The first kappa shape index (κ1) is 16.9. The summed E-state index contributed by atoms with van der Waals surface area (Å²) < 4.78 is 5.90. The average molecular weight is 342 g/mol. The lowest BCUT2D eigenvalue weighted by molar-refractivity contribution is -0.131. The number of hydrogen-bond donors (Lipinski definition) is 1. The molecule has 2 aromatic rings. The van der Waals surface area contributed by atoms with E-state index >= 15 is 0 Å². The first-order valence-corrected chi connectivity index (χ1v) is 8.35. The number of nitrogens with two attached hydrogens (primary N) is 1. The first-order valence-electron chi connectivity index (χ1n) is 8.35. The largest absolute Gasteiger partial charge is 0.483 e. The van der Waals surface area contributed by atoms with Crippen LogP contribution in [0.15, 0.2) is 30.6 Å². The number of anilines is 2. The van der Waals surface area contributed by atoms with Crippen LogP contribution in [0.25, 0.3) is 0 Å². The van der Waals surface area contributed by atoms with Crippen LogP contribution < -0.4 is 15.4 Å². The number of carbonyl (C=O) groups is 1. The SMILES string of the molecule is CCC(=O)N1CCN(c2ncccc2OCc2ccnc(N)n2)CC1. The normalized spacial score (nSPS) is 14.4. The maximum absolute atomic E-state index is 11.8. The number of rotatable bonds is 5. The number of piperazine rings is 1. The van der Waals surface area contributed by atoms with Crippen molar-refractivity contribution in [3.05, 3.63) is 36.3 Å². The van der Waals surface area contributed by atoms with Crippen LogP contribution in [-0.4, -0.2) is 51.9 Å². The Labute approximate surface area is 146 Å². The van der Waals surface area contributed by atoms with Crippen LogP contribution in [0.2, 0.25) is 0 Å². The van der Waals surface area contributed by atoms with Crippen LogP contribution >= 0.6 is 0 Å². The molecule has 25 heavy (non-hydrogen) atoms. The lowest BCUT2D eigenvalue weighted by atomic mass is 10.2. The molecule has 1 aliphatic rings. The van der Waals surface area contributed by atoms with Crippen LogP contribution in [-0.2, 0) is 11.4 Å². The number of aromatic nitrogens is 3. The molecule has 2 N–H and O–H groups in total. The van der Waals surface area contributed by atoms with Crippen molar-refractivity contribution in [3.63, 3.8) is 0 Å². The van der Waals surface area contributed by atoms with Gasteiger partial charge in [0.05, 0.1) is 5.69 Å². The fourth-order valence-electron chi connectivity index (χ4n) is 2.77. The highest BCUT2D eigenvalue weighted by atomic mass is 16.5. The van der Waals surface area contributed by atoms with Crippen LogP contribution in [0.5, 0.6) is 5.75 Å². The van der Waals surface area contributed by atoms with E-state index in [2.05, 4.69) is 19.9 Å². The summed E-state index contributed by atoms with van der Waals surface area (Å²) >= 11 is 0. The van der Waals surface area contributed by atoms with Gasteiger partial charge in [0.15, 0.2) is 11.6 Å². The molecule has 1 amide bonds. The van der Waals surface area contributed by atoms with Gasteiger partial charge in [-0.2, -0.15) is 0 Å². The molecule has 3 heterocycles. The molecule has 132 valence electrons. The fourth-order valence-corrected chi connectivity index (χ4v) is 2.77. The molecular weight excluding hydrogens is 320 g/mol. The average Bonchev–Trinajstić information content (AvgIpc) is 2.66. The third kappa shape index (κ3) is 4.14. The number of ether oxygens (including phenoxy) is 1. The minimum Gasteiger partial charge on any atom is -0.483 e. The lowest BCUT2D eigenvalue weighted by Gasteiger charge is -2.35. The molecule has 3 rings (SSSR count). The third-order valence-electron chi connectivity index (χ3n) is 4.09. The molecular formula is C17H22N6O2. The van der Waals surface area contributed by atoms with E-state index in [9.17, 15) is 4.79 Å². The summed E-state index contributed by atoms with van der Waals surface area (Å²) in [4.78, 5) is 28.3. The Bertz CT molecular complexity index is 731. The maximum atomic E-state index is 11.8. The van der Waals surface area contributed by atoms with Crippen molar-refractivity contribution in [2.75, 3.05) is 36.8 Å². The molecule has 0 bridgehead atoms. The van der Waals surface area contributed by atoms with Crippen molar-refractivity contribution in [1.29, 1.82) is 0 Å². The quantitative estimate of drug-likeness (QED) is 0.868. The monoisotopic (exact) mass is 342 g/mol. The van der Waals surface area contributed by atoms with E-state index in [1.807, 2.05) is 24.0 Å². The van der Waals surface area contributed by atoms with Crippen molar-refractivity contribution < 1.29 is 9.53 Å². The third-order valence-corrected chi connectivity index (χ3v) is 4.09. The Morgan fingerprint density at radius 1 is 1.20 bits per heavy atom. The summed E-state index contributed by atoms with van der Waals surface area (Å²) in [5.41, 5.74) is 6.30. The second kappa shape index (κ2) is 7.78. The van der Waals surface area contributed by atoms with Crippen LogP contribution in [0.4, 0.5) is 11.8 Å². The molecule has 1 aliphatic heterocycles. The van der Waals surface area contributed by atoms with E-state index < -0.39 is 0 Å². The highest BCUT2D eigenvalue weighted by Gasteiger charge is 2.22. The number of nitrogens with zero attached hydrogens (tertiary/aromatic N) is 5. The van der Waals surface area contributed by atoms with Gasteiger partial charge in [0.25, 0.3) is 0 Å². The molecule has 0 radical (unpaired) electrons. The Kier molecular flexibility index (Phi) is 5.27. The Morgan fingerprint density at radius 3 is 2.72 bits per heavy atom. The minimum absolute atomic E-state index is 0.193.